The van der Waals surface area contributed by atoms with E-state index in [1.54, 1.807) is 0 Å². The maximum absolute atomic E-state index is 13.5. The first kappa shape index (κ1) is 76.4. The molecule has 0 aromatic heterocycles. The van der Waals surface area contributed by atoms with Crippen molar-refractivity contribution in [3.63, 3.8) is 0 Å². The highest BCUT2D eigenvalue weighted by atomic mass is 31.2. The molecule has 3 atom stereocenters. The third kappa shape index (κ3) is 59.0. The molecule has 10 heteroatoms. The number of hydrogen-bond donors (Lipinski definition) is 1. The fourth-order valence-electron chi connectivity index (χ4n) is 8.72. The highest BCUT2D eigenvalue weighted by Crippen LogP contribution is 2.38. The van der Waals surface area contributed by atoms with Crippen molar-refractivity contribution in [1.29, 1.82) is 0 Å². The number of unbranched alkanes of at least 4 members (excludes halogenated alkanes) is 23. The molecule has 0 saturated heterocycles. The van der Waals surface area contributed by atoms with Gasteiger partial charge in [0.2, 0.25) is 5.91 Å². The van der Waals surface area contributed by atoms with Gasteiger partial charge in [-0.3, -0.25) is 14.2 Å². The van der Waals surface area contributed by atoms with Crippen molar-refractivity contribution in [3.8, 4) is 0 Å². The highest BCUT2D eigenvalue weighted by molar-refractivity contribution is 7.45. The third-order valence-electron chi connectivity index (χ3n) is 13.6. The SMILES string of the molecule is CC/C=C\C/C=C\C/C=C\C/C=C\C/C=C\CCCCCCCCCCCCCC(=O)OC(/C=C\CCCCCCCCCCC)C(COP(=O)([O-])OCC[N+](C)(C)C)NC(=O)CCCCC/C=C/C/C=C/C/C=C/C/C=C/CC. The number of esters is 1. The number of nitrogens with one attached hydrogen (secondary N) is 1. The lowest BCUT2D eigenvalue weighted by Crippen LogP contribution is -2.47. The van der Waals surface area contributed by atoms with Crippen molar-refractivity contribution in [2.24, 2.45) is 0 Å². The number of carbonyl (C=O) groups is 2. The Kier molecular flexibility index (Phi) is 56.0. The maximum atomic E-state index is 13.5. The number of hydrogen-bond acceptors (Lipinski definition) is 7. The summed E-state index contributed by atoms with van der Waals surface area (Å²) in [5, 5.41) is 3.01. The van der Waals surface area contributed by atoms with Gasteiger partial charge in [-0.1, -0.05) is 252 Å². The number of likely N-dealkylation sites (N-methyl/N-ethyl adjacent to an activating group) is 1. The Bertz CT molecular complexity index is 1780. The van der Waals surface area contributed by atoms with Crippen LogP contribution in [0.4, 0.5) is 0 Å². The molecule has 0 fully saturated rings. The fourth-order valence-corrected chi connectivity index (χ4v) is 9.44. The average Bonchev–Trinajstić information content (AvgIpc) is 3.43. The molecule has 1 amide bonds. The van der Waals surface area contributed by atoms with Gasteiger partial charge >= 0.3 is 5.97 Å². The molecule has 80 heavy (non-hydrogen) atoms. The molecule has 1 N–H and O–H groups in total. The molecule has 0 spiro atoms. The van der Waals surface area contributed by atoms with Gasteiger partial charge in [0.1, 0.15) is 19.3 Å². The smallest absolute Gasteiger partial charge is 0.306 e. The quantitative estimate of drug-likeness (QED) is 0.0212. The first-order chi connectivity index (χ1) is 38.9. The minimum absolute atomic E-state index is 0.0350. The number of quaternary nitrogens is 1. The van der Waals surface area contributed by atoms with Crippen LogP contribution in [0.5, 0.6) is 0 Å². The van der Waals surface area contributed by atoms with Crippen molar-refractivity contribution in [2.45, 2.75) is 270 Å². The van der Waals surface area contributed by atoms with Crippen molar-refractivity contribution in [3.05, 3.63) is 122 Å². The van der Waals surface area contributed by atoms with Crippen LogP contribution < -0.4 is 10.2 Å². The minimum atomic E-state index is -4.72. The van der Waals surface area contributed by atoms with Gasteiger partial charge in [-0.05, 0) is 115 Å². The van der Waals surface area contributed by atoms with Crippen LogP contribution in [0.3, 0.4) is 0 Å². The average molecular weight is 1130 g/mol. The lowest BCUT2D eigenvalue weighted by atomic mass is 10.0. The van der Waals surface area contributed by atoms with Crippen LogP contribution in [-0.4, -0.2) is 69.4 Å². The third-order valence-corrected chi connectivity index (χ3v) is 14.6. The van der Waals surface area contributed by atoms with E-state index in [0.717, 1.165) is 128 Å². The molecule has 0 aliphatic heterocycles. The fraction of sp³-hybridized carbons (Fsp3) is 0.686. The summed E-state index contributed by atoms with van der Waals surface area (Å²) >= 11 is 0. The molecule has 9 nitrogen and oxygen atoms in total. The van der Waals surface area contributed by atoms with Gasteiger partial charge in [0.05, 0.1) is 33.8 Å². The van der Waals surface area contributed by atoms with Gasteiger partial charge in [0, 0.05) is 12.8 Å². The topological polar surface area (TPSA) is 114 Å². The van der Waals surface area contributed by atoms with Crippen LogP contribution in [0.15, 0.2) is 122 Å². The second-order valence-electron chi connectivity index (χ2n) is 22.5. The molecule has 458 valence electrons. The van der Waals surface area contributed by atoms with E-state index < -0.39 is 26.6 Å². The number of amides is 1. The monoisotopic (exact) mass is 1130 g/mol. The summed E-state index contributed by atoms with van der Waals surface area (Å²) in [6.07, 6.45) is 81.8. The Labute approximate surface area is 493 Å². The number of phosphoric ester groups is 1. The van der Waals surface area contributed by atoms with E-state index in [1.165, 1.54) is 89.9 Å². The first-order valence-corrected chi connectivity index (χ1v) is 33.8. The predicted octanol–water partition coefficient (Wildman–Crippen LogP) is 19.6. The molecular formula is C70H121N2O7P. The highest BCUT2D eigenvalue weighted by Gasteiger charge is 2.27. The van der Waals surface area contributed by atoms with E-state index in [9.17, 15) is 19.0 Å². The predicted molar refractivity (Wildman–Crippen MR) is 343 cm³/mol. The summed E-state index contributed by atoms with van der Waals surface area (Å²) in [4.78, 5) is 40.0. The number of rotatable bonds is 57. The lowest BCUT2D eigenvalue weighted by Gasteiger charge is -2.30. The Morgan fingerprint density at radius 3 is 1.21 bits per heavy atom. The van der Waals surface area contributed by atoms with E-state index >= 15 is 0 Å². The van der Waals surface area contributed by atoms with Crippen molar-refractivity contribution in [2.75, 3.05) is 40.9 Å². The van der Waals surface area contributed by atoms with Gasteiger partial charge in [-0.15, -0.1) is 0 Å². The molecule has 3 unspecified atom stereocenters. The second kappa shape index (κ2) is 58.6. The van der Waals surface area contributed by atoms with Crippen LogP contribution in [0.25, 0.3) is 0 Å². The van der Waals surface area contributed by atoms with Gasteiger partial charge < -0.3 is 28.5 Å². The van der Waals surface area contributed by atoms with E-state index in [4.69, 9.17) is 13.8 Å². The van der Waals surface area contributed by atoms with Crippen molar-refractivity contribution < 1.29 is 37.3 Å². The zero-order chi connectivity index (χ0) is 58.6. The molecular weight excluding hydrogens is 1010 g/mol. The Morgan fingerprint density at radius 1 is 0.450 bits per heavy atom. The summed E-state index contributed by atoms with van der Waals surface area (Å²) in [7, 11) is 1.15. The van der Waals surface area contributed by atoms with Gasteiger partial charge in [-0.25, -0.2) is 0 Å². The molecule has 0 aliphatic carbocycles. The van der Waals surface area contributed by atoms with Crippen LogP contribution in [0, 0.1) is 0 Å². The van der Waals surface area contributed by atoms with Gasteiger partial charge in [-0.2, -0.15) is 0 Å². The molecule has 0 bridgehead atoms. The van der Waals surface area contributed by atoms with Crippen LogP contribution >= 0.6 is 7.82 Å². The summed E-state index contributed by atoms with van der Waals surface area (Å²) < 4.78 is 30.3. The summed E-state index contributed by atoms with van der Waals surface area (Å²) in [6, 6.07) is -0.914. The van der Waals surface area contributed by atoms with E-state index in [0.29, 0.717) is 17.4 Å². The summed E-state index contributed by atoms with van der Waals surface area (Å²) in [5.41, 5.74) is 0. The van der Waals surface area contributed by atoms with E-state index in [-0.39, 0.29) is 31.3 Å². The molecule has 0 aromatic carbocycles. The number of phosphoric acid groups is 1. The molecule has 0 rings (SSSR count). The van der Waals surface area contributed by atoms with Crippen molar-refractivity contribution >= 4 is 19.7 Å². The van der Waals surface area contributed by atoms with Gasteiger partial charge in [0.15, 0.2) is 0 Å². The second-order valence-corrected chi connectivity index (χ2v) is 23.9. The lowest BCUT2D eigenvalue weighted by molar-refractivity contribution is -0.870. The Balaban J connectivity index is 5.12. The number of ether oxygens (including phenoxy) is 1. The molecule has 0 saturated carbocycles. The Morgan fingerprint density at radius 2 is 0.800 bits per heavy atom. The van der Waals surface area contributed by atoms with Crippen molar-refractivity contribution in [1.82, 2.24) is 5.32 Å². The Hall–Kier alpha value is -3.59. The van der Waals surface area contributed by atoms with E-state index in [2.05, 4.69) is 135 Å². The summed E-state index contributed by atoms with van der Waals surface area (Å²) in [5.74, 6) is -0.587. The number of nitrogens with zero attached hydrogens (tertiary/aromatic N) is 1. The molecule has 0 aromatic rings. The zero-order valence-electron chi connectivity index (χ0n) is 52.2. The number of allylic oxidation sites excluding steroid dienone is 19. The zero-order valence-corrected chi connectivity index (χ0v) is 53.1. The molecule has 0 aliphatic rings. The standard InChI is InChI=1S/C70H121N2O7P/c1-7-10-13-16-19-22-25-27-29-31-32-33-34-35-36-37-38-39-40-41-43-45-48-51-54-57-60-63-70(74)79-68(61-58-55-52-49-46-24-21-18-15-12-9-3)67(66-78-80(75,76)77-65-64-72(4,5)6)71-69(73)62-59-56-53-50-47-44-42-30-28-26-23-20-17-14-11-8-2/h10-11,13-14,19-20,22-23,27-30,32-33,35-36,44,47,58,61,67-68H,7-9,12,15-18,21,24-26,31,34,37-43,45-46,48-57,59-60,62-66H2,1-6H3,(H-,71,73,75,76)/b13-10-,14-11+,22-19-,23-20+,29-27-,30-28+,33-32-,36-35-,47-44+,61-58-. The van der Waals surface area contributed by atoms with Crippen LogP contribution in [0.2, 0.25) is 0 Å². The van der Waals surface area contributed by atoms with E-state index in [1.807, 2.05) is 33.3 Å². The van der Waals surface area contributed by atoms with Gasteiger partial charge in [0.25, 0.3) is 7.82 Å². The molecule has 0 heterocycles. The number of carbonyl (C=O) groups excluding carboxylic acids is 2. The largest absolute Gasteiger partial charge is 0.756 e. The van der Waals surface area contributed by atoms with Crippen LogP contribution in [-0.2, 0) is 27.9 Å². The summed E-state index contributed by atoms with van der Waals surface area (Å²) in [6.45, 7) is 6.57. The first-order valence-electron chi connectivity index (χ1n) is 32.3. The normalized spacial score (nSPS) is 14.4. The minimum Gasteiger partial charge on any atom is -0.756 e. The maximum Gasteiger partial charge on any atom is 0.306 e. The van der Waals surface area contributed by atoms with Crippen LogP contribution in [0.1, 0.15) is 258 Å². The molecule has 0 radical (unpaired) electrons.